The van der Waals surface area contributed by atoms with E-state index in [9.17, 15) is 39.5 Å². The third-order valence-electron chi connectivity index (χ3n) is 9.05. The number of rotatable bonds is 5. The number of alkyl halides is 10. The summed E-state index contributed by atoms with van der Waals surface area (Å²) in [5, 5.41) is 0. The van der Waals surface area contributed by atoms with E-state index in [4.69, 9.17) is 0 Å². The minimum Gasteiger partial charge on any atom is -0.317 e. The summed E-state index contributed by atoms with van der Waals surface area (Å²) in [5.41, 5.74) is 0. The van der Waals surface area contributed by atoms with Crippen molar-refractivity contribution in [1.29, 1.82) is 0 Å². The number of ether oxygens (including phenoxy) is 1. The van der Waals surface area contributed by atoms with Crippen LogP contribution in [0.3, 0.4) is 0 Å². The quantitative estimate of drug-likeness (QED) is 0.325. The Kier molecular flexibility index (Phi) is 8.77. The predicted molar refractivity (Wildman–Crippen MR) is 113 cm³/mol. The van der Waals surface area contributed by atoms with Crippen LogP contribution in [0.15, 0.2) is 0 Å². The van der Waals surface area contributed by atoms with Crippen molar-refractivity contribution in [3.05, 3.63) is 0 Å². The van der Waals surface area contributed by atoms with Gasteiger partial charge < -0.3 is 4.74 Å². The lowest BCUT2D eigenvalue weighted by Gasteiger charge is -2.45. The van der Waals surface area contributed by atoms with E-state index in [0.29, 0.717) is 12.8 Å². The van der Waals surface area contributed by atoms with Gasteiger partial charge in [-0.15, -0.1) is 0 Å². The van der Waals surface area contributed by atoms with E-state index in [1.54, 1.807) is 0 Å². The van der Waals surface area contributed by atoms with Crippen LogP contribution in [0.5, 0.6) is 0 Å². The third-order valence-corrected chi connectivity index (χ3v) is 9.05. The van der Waals surface area contributed by atoms with Gasteiger partial charge in [0, 0.05) is 19.3 Å². The average Bonchev–Trinajstić information content (AvgIpc) is 2.76. The largest absolute Gasteiger partial charge is 0.364 e. The van der Waals surface area contributed by atoms with Crippen molar-refractivity contribution in [3.63, 3.8) is 0 Å². The SMILES string of the molecule is FC1CCC(C2CCC(C3CC(F)C(C(F)(F)OC4CC(F)C(F)C(F)C4)C(F)C3)C(F)C2)C(F)C1. The molecular weight excluding hydrogens is 506 g/mol. The van der Waals surface area contributed by atoms with E-state index in [2.05, 4.69) is 4.74 Å². The summed E-state index contributed by atoms with van der Waals surface area (Å²) in [6.45, 7) is 0. The molecule has 0 amide bonds. The smallest absolute Gasteiger partial charge is 0.317 e. The third kappa shape index (κ3) is 5.95. The molecule has 0 aromatic heterocycles. The predicted octanol–water partition coefficient (Wildman–Crippen LogP) is 7.71. The number of hydrogen-bond acceptors (Lipinski definition) is 1. The minimum atomic E-state index is -4.38. The van der Waals surface area contributed by atoms with Gasteiger partial charge in [0.1, 0.15) is 49.1 Å². The molecule has 0 bridgehead atoms. The van der Waals surface area contributed by atoms with Gasteiger partial charge in [-0.1, -0.05) is 0 Å². The molecule has 0 radical (unpaired) electrons. The Labute approximate surface area is 204 Å². The highest BCUT2D eigenvalue weighted by atomic mass is 19.3. The molecule has 4 aliphatic rings. The van der Waals surface area contributed by atoms with Gasteiger partial charge in [-0.25, -0.2) is 35.1 Å². The fourth-order valence-corrected chi connectivity index (χ4v) is 7.16. The first-order valence-electron chi connectivity index (χ1n) is 13.1. The van der Waals surface area contributed by atoms with Gasteiger partial charge in [0.25, 0.3) is 0 Å². The van der Waals surface area contributed by atoms with E-state index < -0.39 is 111 Å². The molecule has 10 atom stereocenters. The standard InChI is InChI=1S/C25H34F10O/c26-13-2-4-15(18(28)8-13)11-1-3-16(17(27)5-11)12-6-19(29)23(20(30)7-12)25(34,35)36-14-9-21(31)24(33)22(32)10-14/h11-24H,1-10H2. The van der Waals surface area contributed by atoms with E-state index in [-0.39, 0.29) is 31.6 Å². The lowest BCUT2D eigenvalue weighted by atomic mass is 9.64. The van der Waals surface area contributed by atoms with E-state index in [1.165, 1.54) is 0 Å². The maximum atomic E-state index is 15.1. The Morgan fingerprint density at radius 1 is 0.500 bits per heavy atom. The molecular formula is C25H34F10O. The zero-order chi connectivity index (χ0) is 26.4. The average molecular weight is 541 g/mol. The van der Waals surface area contributed by atoms with Gasteiger partial charge in [0.15, 0.2) is 6.17 Å². The molecule has 11 heteroatoms. The highest BCUT2D eigenvalue weighted by Gasteiger charge is 2.57. The van der Waals surface area contributed by atoms with Crippen LogP contribution in [-0.2, 0) is 4.74 Å². The zero-order valence-electron chi connectivity index (χ0n) is 19.8. The summed E-state index contributed by atoms with van der Waals surface area (Å²) >= 11 is 0. The monoisotopic (exact) mass is 540 g/mol. The second-order valence-electron chi connectivity index (χ2n) is 11.4. The van der Waals surface area contributed by atoms with Crippen LogP contribution < -0.4 is 0 Å². The van der Waals surface area contributed by atoms with Gasteiger partial charge >= 0.3 is 6.11 Å². The Morgan fingerprint density at radius 2 is 1.00 bits per heavy atom. The molecule has 0 N–H and O–H groups in total. The highest BCUT2D eigenvalue weighted by molar-refractivity contribution is 4.98. The van der Waals surface area contributed by atoms with E-state index in [1.807, 2.05) is 0 Å². The fourth-order valence-electron chi connectivity index (χ4n) is 7.16. The molecule has 4 fully saturated rings. The summed E-state index contributed by atoms with van der Waals surface area (Å²) in [5.74, 6) is -4.87. The molecule has 4 rings (SSSR count). The van der Waals surface area contributed by atoms with Crippen LogP contribution in [0.25, 0.3) is 0 Å². The Balaban J connectivity index is 1.33. The first-order chi connectivity index (χ1) is 16.9. The molecule has 0 aliphatic heterocycles. The Hall–Kier alpha value is -0.740. The molecule has 4 aliphatic carbocycles. The topological polar surface area (TPSA) is 9.23 Å². The summed E-state index contributed by atoms with van der Waals surface area (Å²) in [4.78, 5) is 0. The Bertz CT molecular complexity index is 703. The van der Waals surface area contributed by atoms with E-state index in [0.717, 1.165) is 0 Å². The van der Waals surface area contributed by atoms with Crippen LogP contribution in [0.4, 0.5) is 43.9 Å². The summed E-state index contributed by atoms with van der Waals surface area (Å²) < 4.78 is 147. The molecule has 0 heterocycles. The molecule has 210 valence electrons. The van der Waals surface area contributed by atoms with Gasteiger partial charge in [0.05, 0.1) is 6.10 Å². The summed E-state index contributed by atoms with van der Waals surface area (Å²) in [6, 6.07) is 0. The van der Waals surface area contributed by atoms with Crippen molar-refractivity contribution < 1.29 is 48.6 Å². The number of halogens is 10. The summed E-state index contributed by atoms with van der Waals surface area (Å²) in [7, 11) is 0. The molecule has 36 heavy (non-hydrogen) atoms. The van der Waals surface area contributed by atoms with Crippen LogP contribution in [-0.4, -0.2) is 61.6 Å². The van der Waals surface area contributed by atoms with Crippen LogP contribution >= 0.6 is 0 Å². The van der Waals surface area contributed by atoms with E-state index >= 15 is 4.39 Å². The maximum absolute atomic E-state index is 15.1. The van der Waals surface area contributed by atoms with Crippen molar-refractivity contribution in [2.45, 2.75) is 126 Å². The normalized spacial score (nSPS) is 51.2. The second-order valence-corrected chi connectivity index (χ2v) is 11.4. The fraction of sp³-hybridized carbons (Fsp3) is 1.00. The maximum Gasteiger partial charge on any atom is 0.364 e. The van der Waals surface area contributed by atoms with Gasteiger partial charge in [-0.3, -0.25) is 0 Å². The zero-order valence-corrected chi connectivity index (χ0v) is 19.8. The van der Waals surface area contributed by atoms with Gasteiger partial charge in [-0.2, -0.15) is 8.78 Å². The first kappa shape index (κ1) is 28.3. The van der Waals surface area contributed by atoms with Crippen LogP contribution in [0, 0.1) is 29.6 Å². The number of hydrogen-bond donors (Lipinski definition) is 0. The second kappa shape index (κ2) is 11.2. The van der Waals surface area contributed by atoms with Gasteiger partial charge in [-0.05, 0) is 68.6 Å². The lowest BCUT2D eigenvalue weighted by Crippen LogP contribution is -2.52. The van der Waals surface area contributed by atoms with Crippen molar-refractivity contribution in [1.82, 2.24) is 0 Å². The molecule has 10 unspecified atom stereocenters. The molecule has 0 aromatic rings. The summed E-state index contributed by atoms with van der Waals surface area (Å²) in [6.07, 6.45) is -23.8. The van der Waals surface area contributed by atoms with Crippen LogP contribution in [0.2, 0.25) is 0 Å². The minimum absolute atomic E-state index is 0.00809. The lowest BCUT2D eigenvalue weighted by molar-refractivity contribution is -0.323. The van der Waals surface area contributed by atoms with Crippen molar-refractivity contribution in [2.75, 3.05) is 0 Å². The molecule has 4 saturated carbocycles. The molecule has 0 spiro atoms. The van der Waals surface area contributed by atoms with Crippen molar-refractivity contribution in [3.8, 4) is 0 Å². The Morgan fingerprint density at radius 3 is 1.56 bits per heavy atom. The highest BCUT2D eigenvalue weighted by Crippen LogP contribution is 2.51. The molecule has 1 nitrogen and oxygen atoms in total. The molecule has 0 aromatic carbocycles. The van der Waals surface area contributed by atoms with Crippen molar-refractivity contribution in [2.24, 2.45) is 29.6 Å². The van der Waals surface area contributed by atoms with Crippen LogP contribution in [0.1, 0.15) is 64.2 Å². The first-order valence-corrected chi connectivity index (χ1v) is 13.1. The van der Waals surface area contributed by atoms with Crippen molar-refractivity contribution >= 4 is 0 Å². The molecule has 0 saturated heterocycles. The van der Waals surface area contributed by atoms with Gasteiger partial charge in [0.2, 0.25) is 0 Å².